The molecule has 0 spiro atoms. The average molecular weight is 289 g/mol. The van der Waals surface area contributed by atoms with Crippen LogP contribution in [0.2, 0.25) is 0 Å². The minimum Gasteiger partial charge on any atom is -0.357 e. The highest BCUT2D eigenvalue weighted by molar-refractivity contribution is 7.13. The van der Waals surface area contributed by atoms with Crippen LogP contribution < -0.4 is 10.2 Å². The van der Waals surface area contributed by atoms with E-state index in [4.69, 9.17) is 0 Å². The molecule has 2 aromatic rings. The summed E-state index contributed by atoms with van der Waals surface area (Å²) in [5.74, 6) is 2.22. The van der Waals surface area contributed by atoms with E-state index in [2.05, 4.69) is 43.5 Å². The maximum atomic E-state index is 4.68. The molecule has 3 heterocycles. The first kappa shape index (κ1) is 13.3. The highest BCUT2D eigenvalue weighted by Crippen LogP contribution is 2.28. The number of hydrogen-bond donors (Lipinski definition) is 1. The molecule has 1 aliphatic rings. The van der Waals surface area contributed by atoms with Gasteiger partial charge in [-0.05, 0) is 43.2 Å². The van der Waals surface area contributed by atoms with Gasteiger partial charge in [0, 0.05) is 20.1 Å². The number of hydrogen-bond acceptors (Lipinski definition) is 6. The number of nitrogens with zero attached hydrogens (tertiary/aromatic N) is 4. The van der Waals surface area contributed by atoms with Crippen molar-refractivity contribution in [2.45, 2.75) is 26.2 Å². The van der Waals surface area contributed by atoms with Crippen LogP contribution in [-0.4, -0.2) is 35.1 Å². The van der Waals surface area contributed by atoms with Gasteiger partial charge in [-0.2, -0.15) is 15.0 Å². The van der Waals surface area contributed by atoms with E-state index in [0.29, 0.717) is 5.95 Å². The summed E-state index contributed by atoms with van der Waals surface area (Å²) in [6.07, 6.45) is 3.74. The van der Waals surface area contributed by atoms with Crippen LogP contribution in [0.3, 0.4) is 0 Å². The first-order chi connectivity index (χ1) is 9.78. The molecule has 0 radical (unpaired) electrons. The molecule has 1 aliphatic heterocycles. The van der Waals surface area contributed by atoms with E-state index in [1.807, 2.05) is 7.05 Å². The summed E-state index contributed by atoms with van der Waals surface area (Å²) in [6, 6.07) is 2.10. The van der Waals surface area contributed by atoms with Gasteiger partial charge in [0.05, 0.1) is 4.88 Å². The molecule has 5 nitrogen and oxygen atoms in total. The fourth-order valence-electron chi connectivity index (χ4n) is 2.42. The van der Waals surface area contributed by atoms with Crippen LogP contribution in [0, 0.1) is 6.92 Å². The van der Waals surface area contributed by atoms with Gasteiger partial charge >= 0.3 is 0 Å². The lowest BCUT2D eigenvalue weighted by molar-refractivity contribution is 0.568. The molecule has 0 bridgehead atoms. The lowest BCUT2D eigenvalue weighted by Gasteiger charge is -2.26. The van der Waals surface area contributed by atoms with Crippen LogP contribution >= 0.6 is 11.3 Å². The van der Waals surface area contributed by atoms with Crippen molar-refractivity contribution in [3.05, 3.63) is 17.0 Å². The fourth-order valence-corrected chi connectivity index (χ4v) is 3.27. The van der Waals surface area contributed by atoms with Crippen LogP contribution in [0.5, 0.6) is 0 Å². The van der Waals surface area contributed by atoms with E-state index in [1.54, 1.807) is 11.3 Å². The van der Waals surface area contributed by atoms with E-state index >= 15 is 0 Å². The number of thiophene rings is 1. The van der Waals surface area contributed by atoms with E-state index in [9.17, 15) is 0 Å². The molecule has 0 aromatic carbocycles. The van der Waals surface area contributed by atoms with Crippen molar-refractivity contribution in [1.82, 2.24) is 15.0 Å². The molecule has 6 heteroatoms. The van der Waals surface area contributed by atoms with Crippen LogP contribution in [0.4, 0.5) is 11.9 Å². The third kappa shape index (κ3) is 2.60. The molecule has 0 aliphatic carbocycles. The molecule has 1 saturated heterocycles. The van der Waals surface area contributed by atoms with Crippen molar-refractivity contribution in [1.29, 1.82) is 0 Å². The zero-order chi connectivity index (χ0) is 13.9. The Hall–Kier alpha value is -1.69. The van der Waals surface area contributed by atoms with E-state index in [0.717, 1.165) is 29.7 Å². The Kier molecular flexibility index (Phi) is 3.82. The first-order valence-electron chi connectivity index (χ1n) is 7.01. The molecule has 20 heavy (non-hydrogen) atoms. The van der Waals surface area contributed by atoms with Crippen LogP contribution in [0.25, 0.3) is 10.7 Å². The van der Waals surface area contributed by atoms with E-state index in [-0.39, 0.29) is 0 Å². The van der Waals surface area contributed by atoms with Gasteiger partial charge in [0.2, 0.25) is 11.9 Å². The maximum Gasteiger partial charge on any atom is 0.230 e. The Morgan fingerprint density at radius 3 is 2.60 bits per heavy atom. The summed E-state index contributed by atoms with van der Waals surface area (Å²) in [5, 5.41) is 5.12. The van der Waals surface area contributed by atoms with Crippen molar-refractivity contribution in [3.63, 3.8) is 0 Å². The van der Waals surface area contributed by atoms with Gasteiger partial charge in [-0.15, -0.1) is 11.3 Å². The summed E-state index contributed by atoms with van der Waals surface area (Å²) < 4.78 is 0. The summed E-state index contributed by atoms with van der Waals surface area (Å²) in [4.78, 5) is 17.1. The molecule has 2 aromatic heterocycles. The van der Waals surface area contributed by atoms with Crippen LogP contribution in [0.15, 0.2) is 11.4 Å². The van der Waals surface area contributed by atoms with Gasteiger partial charge < -0.3 is 10.2 Å². The molecule has 0 saturated carbocycles. The van der Waals surface area contributed by atoms with Crippen molar-refractivity contribution < 1.29 is 0 Å². The fraction of sp³-hybridized carbons (Fsp3) is 0.500. The Balaban J connectivity index is 2.00. The largest absolute Gasteiger partial charge is 0.357 e. The third-order valence-corrected chi connectivity index (χ3v) is 4.56. The molecular weight excluding hydrogens is 270 g/mol. The first-order valence-corrected chi connectivity index (χ1v) is 7.89. The Morgan fingerprint density at radius 1 is 1.15 bits per heavy atom. The number of anilines is 2. The number of aromatic nitrogens is 3. The number of nitrogens with one attached hydrogen (secondary N) is 1. The zero-order valence-corrected chi connectivity index (χ0v) is 12.7. The number of piperidine rings is 1. The topological polar surface area (TPSA) is 53.9 Å². The van der Waals surface area contributed by atoms with Crippen molar-refractivity contribution >= 4 is 23.2 Å². The van der Waals surface area contributed by atoms with Crippen LogP contribution in [-0.2, 0) is 0 Å². The molecule has 0 amide bonds. The van der Waals surface area contributed by atoms with Crippen molar-refractivity contribution in [3.8, 4) is 10.7 Å². The Morgan fingerprint density at radius 2 is 1.95 bits per heavy atom. The summed E-state index contributed by atoms with van der Waals surface area (Å²) in [5.41, 5.74) is 1.22. The SMILES string of the molecule is CNc1nc(-c2sccc2C)nc(N2CCCCC2)n1. The second kappa shape index (κ2) is 5.75. The predicted molar refractivity (Wildman–Crippen MR) is 83.5 cm³/mol. The predicted octanol–water partition coefficient (Wildman–Crippen LogP) is 2.94. The standard InChI is InChI=1S/C14H19N5S/c1-10-6-9-20-11(10)12-16-13(15-2)18-14(17-12)19-7-4-3-5-8-19/h6,9H,3-5,7-8H2,1-2H3,(H,15,16,17,18). The van der Waals surface area contributed by atoms with E-state index < -0.39 is 0 Å². The zero-order valence-electron chi connectivity index (χ0n) is 11.9. The number of aryl methyl sites for hydroxylation is 1. The Labute approximate surface area is 123 Å². The smallest absolute Gasteiger partial charge is 0.230 e. The monoisotopic (exact) mass is 289 g/mol. The summed E-state index contributed by atoms with van der Waals surface area (Å²) >= 11 is 1.68. The molecule has 0 atom stereocenters. The second-order valence-electron chi connectivity index (χ2n) is 5.01. The Bertz CT molecular complexity index is 589. The quantitative estimate of drug-likeness (QED) is 0.941. The summed E-state index contributed by atoms with van der Waals surface area (Å²) in [6.45, 7) is 4.17. The molecule has 0 unspecified atom stereocenters. The van der Waals surface area contributed by atoms with E-state index in [1.165, 1.54) is 24.8 Å². The average Bonchev–Trinajstić information content (AvgIpc) is 2.94. The van der Waals surface area contributed by atoms with Gasteiger partial charge in [-0.25, -0.2) is 0 Å². The van der Waals surface area contributed by atoms with Gasteiger partial charge in [0.25, 0.3) is 0 Å². The van der Waals surface area contributed by atoms with Crippen molar-refractivity contribution in [2.75, 3.05) is 30.4 Å². The number of rotatable bonds is 3. The lowest BCUT2D eigenvalue weighted by atomic mass is 10.1. The minimum absolute atomic E-state index is 0.642. The highest BCUT2D eigenvalue weighted by atomic mass is 32.1. The summed E-state index contributed by atoms with van der Waals surface area (Å²) in [7, 11) is 1.85. The van der Waals surface area contributed by atoms with Gasteiger partial charge in [0.15, 0.2) is 5.82 Å². The van der Waals surface area contributed by atoms with Gasteiger partial charge in [-0.1, -0.05) is 0 Å². The molecular formula is C14H19N5S. The maximum absolute atomic E-state index is 4.68. The van der Waals surface area contributed by atoms with Gasteiger partial charge in [-0.3, -0.25) is 0 Å². The highest BCUT2D eigenvalue weighted by Gasteiger charge is 2.17. The normalized spacial score (nSPS) is 15.4. The molecule has 1 fully saturated rings. The minimum atomic E-state index is 0.642. The van der Waals surface area contributed by atoms with Crippen molar-refractivity contribution in [2.24, 2.45) is 0 Å². The molecule has 106 valence electrons. The van der Waals surface area contributed by atoms with Crippen LogP contribution in [0.1, 0.15) is 24.8 Å². The van der Waals surface area contributed by atoms with Gasteiger partial charge in [0.1, 0.15) is 0 Å². The third-order valence-electron chi connectivity index (χ3n) is 3.55. The molecule has 1 N–H and O–H groups in total. The molecule has 3 rings (SSSR count). The lowest BCUT2D eigenvalue weighted by Crippen LogP contribution is -2.31. The second-order valence-corrected chi connectivity index (χ2v) is 5.93.